The van der Waals surface area contributed by atoms with Gasteiger partial charge in [0.25, 0.3) is 5.91 Å². The molecule has 0 atom stereocenters. The SMILES string of the molecule is CCN1CCc2c(sc3nc(Cc4ccccc4)nc(N4CCN(C(=O)c5ccc(Cl)c(Cl)c5)CC4)c23)C1. The van der Waals surface area contributed by atoms with Crippen LogP contribution in [0.25, 0.3) is 10.2 Å². The number of hydrogen-bond acceptors (Lipinski definition) is 6. The van der Waals surface area contributed by atoms with Crippen LogP contribution in [-0.4, -0.2) is 64.9 Å². The van der Waals surface area contributed by atoms with E-state index in [0.717, 1.165) is 55.6 Å². The van der Waals surface area contributed by atoms with Crippen molar-refractivity contribution in [3.63, 3.8) is 0 Å². The maximum atomic E-state index is 13.2. The van der Waals surface area contributed by atoms with Gasteiger partial charge in [-0.3, -0.25) is 9.69 Å². The first-order chi connectivity index (χ1) is 18.5. The second-order valence-corrected chi connectivity index (χ2v) is 11.7. The lowest BCUT2D eigenvalue weighted by Crippen LogP contribution is -2.49. The molecule has 1 fully saturated rings. The summed E-state index contributed by atoms with van der Waals surface area (Å²) in [5.74, 6) is 1.84. The molecule has 0 bridgehead atoms. The van der Waals surface area contributed by atoms with Crippen molar-refractivity contribution < 1.29 is 4.79 Å². The minimum absolute atomic E-state index is 0.0200. The summed E-state index contributed by atoms with van der Waals surface area (Å²) < 4.78 is 0. The Balaban J connectivity index is 1.30. The van der Waals surface area contributed by atoms with Crippen LogP contribution in [0.2, 0.25) is 10.0 Å². The third-order valence-electron chi connectivity index (χ3n) is 7.49. The number of carbonyl (C=O) groups is 1. The van der Waals surface area contributed by atoms with Crippen LogP contribution in [0.5, 0.6) is 0 Å². The number of nitrogens with zero attached hydrogens (tertiary/aromatic N) is 5. The molecule has 6 rings (SSSR count). The average molecular weight is 567 g/mol. The molecule has 2 aromatic carbocycles. The molecule has 1 amide bonds. The minimum Gasteiger partial charge on any atom is -0.352 e. The lowest BCUT2D eigenvalue weighted by Gasteiger charge is -2.36. The zero-order chi connectivity index (χ0) is 26.2. The Kier molecular flexibility index (Phi) is 7.27. The van der Waals surface area contributed by atoms with Crippen molar-refractivity contribution in [3.8, 4) is 0 Å². The number of likely N-dealkylation sites (N-methyl/N-ethyl adjacent to an activating group) is 1. The molecule has 0 unspecified atom stereocenters. The number of rotatable bonds is 5. The summed E-state index contributed by atoms with van der Waals surface area (Å²) in [7, 11) is 0. The summed E-state index contributed by atoms with van der Waals surface area (Å²) in [4.78, 5) is 32.6. The summed E-state index contributed by atoms with van der Waals surface area (Å²) in [6, 6.07) is 15.5. The number of aromatic nitrogens is 2. The summed E-state index contributed by atoms with van der Waals surface area (Å²) in [5.41, 5.74) is 3.17. The Morgan fingerprint density at radius 1 is 0.974 bits per heavy atom. The molecule has 38 heavy (non-hydrogen) atoms. The minimum atomic E-state index is -0.0200. The Bertz CT molecular complexity index is 1480. The average Bonchev–Trinajstić information content (AvgIpc) is 3.32. The highest BCUT2D eigenvalue weighted by atomic mass is 35.5. The summed E-state index contributed by atoms with van der Waals surface area (Å²) in [6.45, 7) is 7.99. The highest BCUT2D eigenvalue weighted by Crippen LogP contribution is 2.39. The van der Waals surface area contributed by atoms with Gasteiger partial charge in [0.05, 0.1) is 15.4 Å². The fraction of sp³-hybridized carbons (Fsp3) is 0.345. The van der Waals surface area contributed by atoms with Crippen molar-refractivity contribution in [2.75, 3.05) is 44.2 Å². The fourth-order valence-corrected chi connectivity index (χ4v) is 6.93. The van der Waals surface area contributed by atoms with Gasteiger partial charge in [0.1, 0.15) is 16.5 Å². The molecule has 0 N–H and O–H groups in total. The number of fused-ring (bicyclic) bond motifs is 3. The van der Waals surface area contributed by atoms with E-state index < -0.39 is 0 Å². The van der Waals surface area contributed by atoms with E-state index >= 15 is 0 Å². The van der Waals surface area contributed by atoms with E-state index in [0.29, 0.717) is 35.1 Å². The van der Waals surface area contributed by atoms with Crippen LogP contribution in [0.15, 0.2) is 48.5 Å². The maximum absolute atomic E-state index is 13.2. The number of thiophene rings is 1. The summed E-state index contributed by atoms with van der Waals surface area (Å²) in [5, 5.41) is 2.06. The molecule has 0 saturated carbocycles. The van der Waals surface area contributed by atoms with E-state index in [9.17, 15) is 4.79 Å². The van der Waals surface area contributed by atoms with Gasteiger partial charge in [-0.25, -0.2) is 9.97 Å². The number of benzene rings is 2. The number of amides is 1. The third kappa shape index (κ3) is 5.00. The number of carbonyl (C=O) groups excluding carboxylic acids is 1. The third-order valence-corrected chi connectivity index (χ3v) is 9.34. The van der Waals surface area contributed by atoms with Gasteiger partial charge in [0.15, 0.2) is 0 Å². The van der Waals surface area contributed by atoms with Crippen LogP contribution >= 0.6 is 34.5 Å². The lowest BCUT2D eigenvalue weighted by molar-refractivity contribution is 0.0746. The van der Waals surface area contributed by atoms with Gasteiger partial charge in [-0.1, -0.05) is 60.5 Å². The highest BCUT2D eigenvalue weighted by Gasteiger charge is 2.29. The number of hydrogen-bond donors (Lipinski definition) is 0. The van der Waals surface area contributed by atoms with Gasteiger partial charge < -0.3 is 9.80 Å². The molecule has 6 nitrogen and oxygen atoms in total. The van der Waals surface area contributed by atoms with Crippen molar-refractivity contribution >= 4 is 56.5 Å². The Labute approximate surface area is 236 Å². The Morgan fingerprint density at radius 3 is 2.50 bits per heavy atom. The Morgan fingerprint density at radius 2 is 1.76 bits per heavy atom. The number of anilines is 1. The first-order valence-electron chi connectivity index (χ1n) is 13.1. The first kappa shape index (κ1) is 25.6. The van der Waals surface area contributed by atoms with Crippen LogP contribution in [0.1, 0.15) is 39.1 Å². The normalized spacial score (nSPS) is 16.2. The first-order valence-corrected chi connectivity index (χ1v) is 14.6. The molecule has 0 radical (unpaired) electrons. The van der Waals surface area contributed by atoms with Crippen LogP contribution in [0.4, 0.5) is 5.82 Å². The van der Waals surface area contributed by atoms with Gasteiger partial charge in [-0.05, 0) is 42.3 Å². The van der Waals surface area contributed by atoms with Gasteiger partial charge in [-0.15, -0.1) is 11.3 Å². The predicted molar refractivity (Wildman–Crippen MR) is 156 cm³/mol. The molecule has 4 heterocycles. The molecular weight excluding hydrogens is 537 g/mol. The van der Waals surface area contributed by atoms with E-state index in [4.69, 9.17) is 33.2 Å². The molecule has 9 heteroatoms. The largest absolute Gasteiger partial charge is 0.352 e. The highest BCUT2D eigenvalue weighted by molar-refractivity contribution is 7.19. The van der Waals surface area contributed by atoms with E-state index in [2.05, 4.69) is 41.0 Å². The number of piperazine rings is 1. The second kappa shape index (κ2) is 10.8. The monoisotopic (exact) mass is 565 g/mol. The van der Waals surface area contributed by atoms with E-state index in [1.165, 1.54) is 21.4 Å². The molecule has 2 aromatic heterocycles. The van der Waals surface area contributed by atoms with Crippen LogP contribution in [0, 0.1) is 0 Å². The predicted octanol–water partition coefficient (Wildman–Crippen LogP) is 5.93. The Hall–Kier alpha value is -2.71. The molecular formula is C29H29Cl2N5OS. The van der Waals surface area contributed by atoms with Crippen molar-refractivity contribution in [2.45, 2.75) is 26.3 Å². The van der Waals surface area contributed by atoms with Gasteiger partial charge in [-0.2, -0.15) is 0 Å². The zero-order valence-electron chi connectivity index (χ0n) is 21.3. The van der Waals surface area contributed by atoms with Gasteiger partial charge >= 0.3 is 0 Å². The van der Waals surface area contributed by atoms with E-state index in [1.54, 1.807) is 18.2 Å². The van der Waals surface area contributed by atoms with E-state index in [1.807, 2.05) is 22.3 Å². The van der Waals surface area contributed by atoms with Gasteiger partial charge in [0.2, 0.25) is 0 Å². The van der Waals surface area contributed by atoms with E-state index in [-0.39, 0.29) is 5.91 Å². The number of halogens is 2. The maximum Gasteiger partial charge on any atom is 0.254 e. The lowest BCUT2D eigenvalue weighted by atomic mass is 10.0. The quantitative estimate of drug-likeness (QED) is 0.300. The zero-order valence-corrected chi connectivity index (χ0v) is 23.6. The van der Waals surface area contributed by atoms with Gasteiger partial charge in [0, 0.05) is 56.1 Å². The second-order valence-electron chi connectivity index (χ2n) is 9.84. The molecule has 2 aliphatic rings. The summed E-state index contributed by atoms with van der Waals surface area (Å²) in [6.07, 6.45) is 1.72. The molecule has 0 spiro atoms. The molecule has 2 aliphatic heterocycles. The van der Waals surface area contributed by atoms with Crippen molar-refractivity contribution in [1.82, 2.24) is 19.8 Å². The van der Waals surface area contributed by atoms with Crippen LogP contribution < -0.4 is 4.90 Å². The van der Waals surface area contributed by atoms with Crippen molar-refractivity contribution in [2.24, 2.45) is 0 Å². The molecule has 4 aromatic rings. The molecule has 0 aliphatic carbocycles. The van der Waals surface area contributed by atoms with Crippen LogP contribution in [0.3, 0.4) is 0 Å². The molecule has 1 saturated heterocycles. The smallest absolute Gasteiger partial charge is 0.254 e. The van der Waals surface area contributed by atoms with Crippen LogP contribution in [-0.2, 0) is 19.4 Å². The fourth-order valence-electron chi connectivity index (χ4n) is 5.36. The van der Waals surface area contributed by atoms with Crippen molar-refractivity contribution in [1.29, 1.82) is 0 Å². The summed E-state index contributed by atoms with van der Waals surface area (Å²) >= 11 is 14.0. The standard InChI is InChI=1S/C29H29Cl2N5OS/c1-2-34-11-10-21-24(18-34)38-28-26(21)27(32-25(33-28)16-19-6-4-3-5-7-19)35-12-14-36(15-13-35)29(37)20-8-9-22(30)23(31)17-20/h3-9,17H,2,10-16,18H2,1H3. The van der Waals surface area contributed by atoms with Crippen molar-refractivity contribution in [3.05, 3.63) is 86.0 Å². The topological polar surface area (TPSA) is 52.6 Å². The molecule has 196 valence electrons.